The SMILES string of the molecule is CC1(C)[C@H]2CC[C@]1(CCN1CCOCC1)[C@@](C)(O)C2. The lowest BCUT2D eigenvalue weighted by Gasteiger charge is -2.47. The topological polar surface area (TPSA) is 32.7 Å². The highest BCUT2D eigenvalue weighted by atomic mass is 16.5. The number of hydrogen-bond acceptors (Lipinski definition) is 3. The average Bonchev–Trinajstić information content (AvgIpc) is 2.69. The molecule has 0 amide bonds. The highest BCUT2D eigenvalue weighted by molar-refractivity contribution is 5.18. The van der Waals surface area contributed by atoms with Crippen LogP contribution in [0, 0.1) is 16.7 Å². The first-order chi connectivity index (χ1) is 8.89. The van der Waals surface area contributed by atoms with Gasteiger partial charge in [-0.05, 0) is 50.5 Å². The lowest BCUT2D eigenvalue weighted by molar-refractivity contribution is -0.0973. The molecule has 0 radical (unpaired) electrons. The summed E-state index contributed by atoms with van der Waals surface area (Å²) in [5.41, 5.74) is -0.0442. The number of hydrogen-bond donors (Lipinski definition) is 1. The van der Waals surface area contributed by atoms with E-state index in [0.717, 1.165) is 45.7 Å². The summed E-state index contributed by atoms with van der Waals surface area (Å²) in [6, 6.07) is 0. The fourth-order valence-corrected chi connectivity index (χ4v) is 5.38. The zero-order chi connectivity index (χ0) is 13.7. The van der Waals surface area contributed by atoms with Crippen LogP contribution in [0.25, 0.3) is 0 Å². The van der Waals surface area contributed by atoms with Crippen LogP contribution in [0.4, 0.5) is 0 Å². The van der Waals surface area contributed by atoms with Gasteiger partial charge >= 0.3 is 0 Å². The molecule has 0 unspecified atom stereocenters. The predicted molar refractivity (Wildman–Crippen MR) is 76.1 cm³/mol. The van der Waals surface area contributed by atoms with Gasteiger partial charge < -0.3 is 9.84 Å². The summed E-state index contributed by atoms with van der Waals surface area (Å²) in [5, 5.41) is 11.0. The van der Waals surface area contributed by atoms with Crippen LogP contribution in [0.1, 0.15) is 46.5 Å². The molecule has 1 saturated heterocycles. The Hall–Kier alpha value is -0.120. The van der Waals surface area contributed by atoms with Crippen molar-refractivity contribution in [3.8, 4) is 0 Å². The summed E-state index contributed by atoms with van der Waals surface area (Å²) in [4.78, 5) is 2.51. The van der Waals surface area contributed by atoms with Crippen molar-refractivity contribution < 1.29 is 9.84 Å². The van der Waals surface area contributed by atoms with Crippen molar-refractivity contribution >= 4 is 0 Å². The first-order valence-electron chi connectivity index (χ1n) is 7.92. The van der Waals surface area contributed by atoms with Crippen molar-refractivity contribution in [1.82, 2.24) is 4.90 Å². The van der Waals surface area contributed by atoms with Gasteiger partial charge in [0.1, 0.15) is 0 Å². The second kappa shape index (κ2) is 4.44. The average molecular weight is 267 g/mol. The van der Waals surface area contributed by atoms with E-state index in [1.54, 1.807) is 0 Å². The van der Waals surface area contributed by atoms with E-state index >= 15 is 0 Å². The van der Waals surface area contributed by atoms with Crippen molar-refractivity contribution in [1.29, 1.82) is 0 Å². The van der Waals surface area contributed by atoms with Gasteiger partial charge in [-0.25, -0.2) is 0 Å². The van der Waals surface area contributed by atoms with Crippen LogP contribution in [-0.2, 0) is 4.74 Å². The fourth-order valence-electron chi connectivity index (χ4n) is 5.38. The standard InChI is InChI=1S/C16H29NO2/c1-14(2)13-4-5-16(14,15(3,18)12-13)6-7-17-8-10-19-11-9-17/h13,18H,4-12H2,1-3H3/t13-,15-,16+/m0/s1. The summed E-state index contributed by atoms with van der Waals surface area (Å²) in [5.74, 6) is 0.715. The van der Waals surface area contributed by atoms with Gasteiger partial charge in [-0.15, -0.1) is 0 Å². The number of fused-ring (bicyclic) bond motifs is 2. The molecule has 3 atom stereocenters. The van der Waals surface area contributed by atoms with Crippen LogP contribution in [0.2, 0.25) is 0 Å². The summed E-state index contributed by atoms with van der Waals surface area (Å²) in [6.07, 6.45) is 4.67. The van der Waals surface area contributed by atoms with Gasteiger partial charge in [0.05, 0.1) is 18.8 Å². The molecule has 0 aromatic carbocycles. The van der Waals surface area contributed by atoms with Gasteiger partial charge in [0.25, 0.3) is 0 Å². The molecule has 1 aliphatic heterocycles. The predicted octanol–water partition coefficient (Wildman–Crippen LogP) is 2.29. The van der Waals surface area contributed by atoms with Crippen LogP contribution in [-0.4, -0.2) is 48.5 Å². The minimum Gasteiger partial charge on any atom is -0.390 e. The Labute approximate surface area is 117 Å². The van der Waals surface area contributed by atoms with E-state index < -0.39 is 5.60 Å². The maximum absolute atomic E-state index is 11.0. The van der Waals surface area contributed by atoms with Crippen LogP contribution >= 0.6 is 0 Å². The molecule has 1 N–H and O–H groups in total. The Morgan fingerprint density at radius 3 is 2.42 bits per heavy atom. The van der Waals surface area contributed by atoms with Crippen LogP contribution < -0.4 is 0 Å². The third-order valence-electron chi connectivity index (χ3n) is 6.81. The summed E-state index contributed by atoms with van der Waals surface area (Å²) < 4.78 is 5.42. The quantitative estimate of drug-likeness (QED) is 0.851. The Morgan fingerprint density at radius 1 is 1.21 bits per heavy atom. The van der Waals surface area contributed by atoms with Crippen molar-refractivity contribution in [2.45, 2.75) is 52.1 Å². The number of ether oxygens (including phenoxy) is 1. The Morgan fingerprint density at radius 2 is 1.89 bits per heavy atom. The van der Waals surface area contributed by atoms with Gasteiger partial charge in [0.15, 0.2) is 0 Å². The molecule has 0 aromatic heterocycles. The largest absolute Gasteiger partial charge is 0.390 e. The number of aliphatic hydroxyl groups is 1. The second-order valence-corrected chi connectivity index (χ2v) is 7.72. The molecule has 110 valence electrons. The van der Waals surface area contributed by atoms with E-state index in [4.69, 9.17) is 4.74 Å². The summed E-state index contributed by atoms with van der Waals surface area (Å²) in [7, 11) is 0. The molecule has 19 heavy (non-hydrogen) atoms. The molecule has 3 aliphatic rings. The maximum Gasteiger partial charge on any atom is 0.0684 e. The molecule has 3 nitrogen and oxygen atoms in total. The lowest BCUT2D eigenvalue weighted by atomic mass is 9.61. The van der Waals surface area contributed by atoms with Gasteiger partial charge in [-0.1, -0.05) is 13.8 Å². The third kappa shape index (κ3) is 1.89. The molecule has 0 spiro atoms. The zero-order valence-corrected chi connectivity index (χ0v) is 12.7. The lowest BCUT2D eigenvalue weighted by Crippen LogP contribution is -2.49. The van der Waals surface area contributed by atoms with Gasteiger partial charge in [0, 0.05) is 18.5 Å². The maximum atomic E-state index is 11.0. The smallest absolute Gasteiger partial charge is 0.0684 e. The Kier molecular flexibility index (Phi) is 3.23. The van der Waals surface area contributed by atoms with Gasteiger partial charge in [-0.2, -0.15) is 0 Å². The minimum absolute atomic E-state index is 0.128. The van der Waals surface area contributed by atoms with Gasteiger partial charge in [0.2, 0.25) is 0 Å². The highest BCUT2D eigenvalue weighted by Crippen LogP contribution is 2.71. The van der Waals surface area contributed by atoms with E-state index in [1.165, 1.54) is 12.8 Å². The molecule has 3 rings (SSSR count). The first kappa shape index (κ1) is 13.8. The van der Waals surface area contributed by atoms with Crippen molar-refractivity contribution in [2.24, 2.45) is 16.7 Å². The van der Waals surface area contributed by atoms with Crippen molar-refractivity contribution in [3.05, 3.63) is 0 Å². The molecule has 3 fully saturated rings. The fraction of sp³-hybridized carbons (Fsp3) is 1.00. The molecular formula is C16H29NO2. The van der Waals surface area contributed by atoms with Crippen molar-refractivity contribution in [2.75, 3.05) is 32.8 Å². The van der Waals surface area contributed by atoms with E-state index in [0.29, 0.717) is 11.3 Å². The molecule has 2 bridgehead atoms. The van der Waals surface area contributed by atoms with Crippen LogP contribution in [0.15, 0.2) is 0 Å². The monoisotopic (exact) mass is 267 g/mol. The van der Waals surface area contributed by atoms with Gasteiger partial charge in [-0.3, -0.25) is 4.90 Å². The molecular weight excluding hydrogens is 238 g/mol. The van der Waals surface area contributed by atoms with E-state index in [9.17, 15) is 5.11 Å². The molecule has 2 saturated carbocycles. The zero-order valence-electron chi connectivity index (χ0n) is 12.7. The highest BCUT2D eigenvalue weighted by Gasteiger charge is 2.68. The minimum atomic E-state index is -0.467. The summed E-state index contributed by atoms with van der Waals surface area (Å²) >= 11 is 0. The molecule has 0 aromatic rings. The van der Waals surface area contributed by atoms with E-state index in [2.05, 4.69) is 25.7 Å². The first-order valence-corrected chi connectivity index (χ1v) is 7.92. The Balaban J connectivity index is 1.73. The van der Waals surface area contributed by atoms with Crippen LogP contribution in [0.5, 0.6) is 0 Å². The molecule has 1 heterocycles. The van der Waals surface area contributed by atoms with E-state index in [1.807, 2.05) is 0 Å². The Bertz CT molecular complexity index is 347. The van der Waals surface area contributed by atoms with Crippen LogP contribution in [0.3, 0.4) is 0 Å². The third-order valence-corrected chi connectivity index (χ3v) is 6.81. The number of rotatable bonds is 3. The van der Waals surface area contributed by atoms with E-state index in [-0.39, 0.29) is 5.41 Å². The number of morpholine rings is 1. The summed E-state index contributed by atoms with van der Waals surface area (Å²) in [6.45, 7) is 11.9. The molecule has 3 heteroatoms. The normalized spacial score (nSPS) is 45.8. The van der Waals surface area contributed by atoms with Crippen molar-refractivity contribution in [3.63, 3.8) is 0 Å². The second-order valence-electron chi connectivity index (χ2n) is 7.72. The molecule has 2 aliphatic carbocycles. The number of nitrogens with zero attached hydrogens (tertiary/aromatic N) is 1.